The van der Waals surface area contributed by atoms with Crippen molar-refractivity contribution in [2.75, 3.05) is 0 Å². The Bertz CT molecular complexity index is 1250. The largest absolute Gasteiger partial charge is 0.489 e. The molecule has 0 radical (unpaired) electrons. The van der Waals surface area contributed by atoms with Crippen molar-refractivity contribution in [3.8, 4) is 5.75 Å². The highest BCUT2D eigenvalue weighted by Gasteiger charge is 2.36. The molecular formula is C27H27FN2O4. The minimum atomic E-state index is -0.774. The number of halogens is 1. The van der Waals surface area contributed by atoms with Crippen LogP contribution < -0.4 is 15.4 Å². The van der Waals surface area contributed by atoms with E-state index in [-0.39, 0.29) is 18.5 Å². The van der Waals surface area contributed by atoms with Crippen molar-refractivity contribution in [1.29, 1.82) is 0 Å². The van der Waals surface area contributed by atoms with Crippen molar-refractivity contribution in [1.82, 2.24) is 10.6 Å². The van der Waals surface area contributed by atoms with Crippen LogP contribution in [0.2, 0.25) is 0 Å². The van der Waals surface area contributed by atoms with Gasteiger partial charge in [0, 0.05) is 11.3 Å². The molecular weight excluding hydrogens is 435 g/mol. The highest BCUT2D eigenvalue weighted by atomic mass is 19.1. The number of nitrogens with one attached hydrogen (secondary N) is 2. The van der Waals surface area contributed by atoms with Crippen LogP contribution in [0.4, 0.5) is 9.18 Å². The lowest BCUT2D eigenvalue weighted by Gasteiger charge is -2.31. The molecule has 0 spiro atoms. The van der Waals surface area contributed by atoms with E-state index in [0.717, 1.165) is 16.3 Å². The second kappa shape index (κ2) is 9.95. The van der Waals surface area contributed by atoms with Crippen molar-refractivity contribution < 1.29 is 23.5 Å². The van der Waals surface area contributed by atoms with E-state index in [0.29, 0.717) is 29.0 Å². The monoisotopic (exact) mass is 462 g/mol. The van der Waals surface area contributed by atoms with Crippen molar-refractivity contribution >= 4 is 22.8 Å². The van der Waals surface area contributed by atoms with Crippen LogP contribution in [-0.4, -0.2) is 18.1 Å². The number of ether oxygens (including phenoxy) is 2. The molecule has 0 saturated carbocycles. The van der Waals surface area contributed by atoms with Gasteiger partial charge in [-0.1, -0.05) is 49.4 Å². The lowest BCUT2D eigenvalue weighted by molar-refractivity contribution is -0.143. The van der Waals surface area contributed by atoms with Crippen LogP contribution in [0.15, 0.2) is 71.9 Å². The first-order valence-corrected chi connectivity index (χ1v) is 11.3. The number of carbonyl (C=O) groups is 2. The number of esters is 1. The molecule has 3 aromatic rings. The van der Waals surface area contributed by atoms with Gasteiger partial charge in [0.2, 0.25) is 0 Å². The first-order chi connectivity index (χ1) is 16.4. The molecule has 1 atom stereocenters. The maximum atomic E-state index is 13.3. The van der Waals surface area contributed by atoms with E-state index < -0.39 is 18.0 Å². The number of rotatable bonds is 7. The van der Waals surface area contributed by atoms with E-state index >= 15 is 0 Å². The summed E-state index contributed by atoms with van der Waals surface area (Å²) in [5.41, 5.74) is 2.31. The fourth-order valence-corrected chi connectivity index (χ4v) is 4.07. The zero-order valence-corrected chi connectivity index (χ0v) is 19.4. The molecule has 0 aromatic heterocycles. The van der Waals surface area contributed by atoms with Gasteiger partial charge in [-0.25, -0.2) is 14.0 Å². The predicted octanol–water partition coefficient (Wildman–Crippen LogP) is 5.53. The number of urea groups is 1. The average molecular weight is 463 g/mol. The van der Waals surface area contributed by atoms with Crippen LogP contribution in [0.1, 0.15) is 44.4 Å². The van der Waals surface area contributed by atoms with E-state index in [9.17, 15) is 14.0 Å². The fraction of sp³-hybridized carbons (Fsp3) is 0.259. The third-order valence-corrected chi connectivity index (χ3v) is 5.60. The Labute approximate surface area is 197 Å². The molecule has 0 aliphatic carbocycles. The Kier molecular flexibility index (Phi) is 6.82. The number of amides is 2. The van der Waals surface area contributed by atoms with Gasteiger partial charge in [0.1, 0.15) is 18.2 Å². The van der Waals surface area contributed by atoms with Gasteiger partial charge in [0.05, 0.1) is 17.7 Å². The summed E-state index contributed by atoms with van der Waals surface area (Å²) < 4.78 is 25.0. The zero-order valence-electron chi connectivity index (χ0n) is 19.4. The molecule has 1 unspecified atom stereocenters. The van der Waals surface area contributed by atoms with Crippen LogP contribution in [0.5, 0.6) is 5.75 Å². The second-order valence-corrected chi connectivity index (χ2v) is 8.34. The van der Waals surface area contributed by atoms with Crippen LogP contribution in [0.25, 0.3) is 10.8 Å². The summed E-state index contributed by atoms with van der Waals surface area (Å²) in [6.07, 6.45) is 0.126. The molecule has 4 rings (SSSR count). The molecule has 176 valence electrons. The van der Waals surface area contributed by atoms with E-state index in [2.05, 4.69) is 10.6 Å². The van der Waals surface area contributed by atoms with Gasteiger partial charge in [-0.15, -0.1) is 0 Å². The first-order valence-electron chi connectivity index (χ1n) is 11.3. The predicted molar refractivity (Wildman–Crippen MR) is 128 cm³/mol. The van der Waals surface area contributed by atoms with E-state index in [1.807, 2.05) is 43.3 Å². The maximum absolute atomic E-state index is 13.3. The first kappa shape index (κ1) is 23.3. The number of carbonyl (C=O) groups excluding carboxylic acids is 2. The lowest BCUT2D eigenvalue weighted by atomic mass is 9.90. The summed E-state index contributed by atoms with van der Waals surface area (Å²) in [6, 6.07) is 16.4. The van der Waals surface area contributed by atoms with Crippen molar-refractivity contribution in [3.63, 3.8) is 0 Å². The molecule has 0 bridgehead atoms. The van der Waals surface area contributed by atoms with Crippen LogP contribution in [0.3, 0.4) is 0 Å². The molecule has 1 heterocycles. The number of hydrogen-bond donors (Lipinski definition) is 2. The van der Waals surface area contributed by atoms with Crippen molar-refractivity contribution in [2.24, 2.45) is 0 Å². The number of allylic oxidation sites excluding steroid dienone is 1. The normalized spacial score (nSPS) is 15.8. The second-order valence-electron chi connectivity index (χ2n) is 8.34. The van der Waals surface area contributed by atoms with Crippen molar-refractivity contribution in [2.45, 2.75) is 45.9 Å². The van der Waals surface area contributed by atoms with Gasteiger partial charge in [-0.05, 0) is 54.8 Å². The quantitative estimate of drug-likeness (QED) is 0.453. The van der Waals surface area contributed by atoms with Crippen molar-refractivity contribution in [3.05, 3.63) is 88.9 Å². The van der Waals surface area contributed by atoms with E-state index in [4.69, 9.17) is 9.47 Å². The fourth-order valence-electron chi connectivity index (χ4n) is 4.07. The Morgan fingerprint density at radius 2 is 1.79 bits per heavy atom. The van der Waals surface area contributed by atoms with Gasteiger partial charge in [-0.2, -0.15) is 0 Å². The molecule has 6 nitrogen and oxygen atoms in total. The minimum absolute atomic E-state index is 0.195. The molecule has 34 heavy (non-hydrogen) atoms. The summed E-state index contributed by atoms with van der Waals surface area (Å²) >= 11 is 0. The molecule has 1 aliphatic rings. The Morgan fingerprint density at radius 1 is 1.06 bits per heavy atom. The van der Waals surface area contributed by atoms with E-state index in [1.54, 1.807) is 26.0 Å². The molecule has 3 aromatic carbocycles. The summed E-state index contributed by atoms with van der Waals surface area (Å²) in [7, 11) is 0. The third-order valence-electron chi connectivity index (χ3n) is 5.60. The zero-order chi connectivity index (χ0) is 24.2. The minimum Gasteiger partial charge on any atom is -0.489 e. The molecule has 0 saturated heterocycles. The highest BCUT2D eigenvalue weighted by Crippen LogP contribution is 2.39. The summed E-state index contributed by atoms with van der Waals surface area (Å²) in [6.45, 7) is 5.63. The Hall–Kier alpha value is -3.87. The summed E-state index contributed by atoms with van der Waals surface area (Å²) in [5, 5.41) is 7.44. The molecule has 2 amide bonds. The third kappa shape index (κ3) is 4.88. The summed E-state index contributed by atoms with van der Waals surface area (Å²) in [5.74, 6) is -0.305. The molecule has 7 heteroatoms. The van der Waals surface area contributed by atoms with Gasteiger partial charge in [0.25, 0.3) is 0 Å². The SMILES string of the molecule is CCC1=C(C(=O)OC(C)C)C(c2c(OCc3ccc(F)cc3)ccc3ccccc23)NC(=O)N1. The topological polar surface area (TPSA) is 76.7 Å². The lowest BCUT2D eigenvalue weighted by Crippen LogP contribution is -2.46. The van der Waals surface area contributed by atoms with Crippen LogP contribution in [-0.2, 0) is 16.1 Å². The number of benzene rings is 3. The number of hydrogen-bond acceptors (Lipinski definition) is 4. The standard InChI is InChI=1S/C27H27FN2O4/c1-4-21-24(26(31)34-16(2)3)25(30-27(32)29-21)23-20-8-6-5-7-18(20)11-14-22(23)33-15-17-9-12-19(28)13-10-17/h5-14,16,25H,4,15H2,1-3H3,(H2,29,30,32). The molecule has 2 N–H and O–H groups in total. The van der Waals surface area contributed by atoms with Gasteiger partial charge >= 0.3 is 12.0 Å². The smallest absolute Gasteiger partial charge is 0.338 e. The Balaban J connectivity index is 1.84. The number of fused-ring (bicyclic) bond motifs is 1. The Morgan fingerprint density at radius 3 is 2.50 bits per heavy atom. The average Bonchev–Trinajstić information content (AvgIpc) is 2.82. The van der Waals surface area contributed by atoms with Crippen LogP contribution >= 0.6 is 0 Å². The summed E-state index contributed by atoms with van der Waals surface area (Å²) in [4.78, 5) is 25.8. The van der Waals surface area contributed by atoms with Gasteiger partial charge in [0.15, 0.2) is 0 Å². The maximum Gasteiger partial charge on any atom is 0.338 e. The molecule has 1 aliphatic heterocycles. The van der Waals surface area contributed by atoms with E-state index in [1.165, 1.54) is 12.1 Å². The highest BCUT2D eigenvalue weighted by molar-refractivity contribution is 5.98. The van der Waals surface area contributed by atoms with Gasteiger partial charge in [-0.3, -0.25) is 0 Å². The van der Waals surface area contributed by atoms with Gasteiger partial charge < -0.3 is 20.1 Å². The van der Waals surface area contributed by atoms with Crippen LogP contribution in [0, 0.1) is 5.82 Å². The molecule has 0 fully saturated rings.